The van der Waals surface area contributed by atoms with Gasteiger partial charge >= 0.3 is 0 Å². The number of amides is 1. The summed E-state index contributed by atoms with van der Waals surface area (Å²) in [5.74, 6) is 0.838. The van der Waals surface area contributed by atoms with Gasteiger partial charge < -0.3 is 19.7 Å². The first-order chi connectivity index (χ1) is 14.0. The van der Waals surface area contributed by atoms with Crippen molar-refractivity contribution >= 4 is 17.7 Å². The summed E-state index contributed by atoms with van der Waals surface area (Å²) in [6.45, 7) is 9.93. The minimum absolute atomic E-state index is 0.0180. The highest BCUT2D eigenvalue weighted by atomic mass is 32.2. The second kappa shape index (κ2) is 8.80. The minimum Gasteiger partial charge on any atom is -0.473 e. The largest absolute Gasteiger partial charge is 0.473 e. The molecule has 2 aliphatic carbocycles. The van der Waals surface area contributed by atoms with Gasteiger partial charge in [-0.1, -0.05) is 20.8 Å². The lowest BCUT2D eigenvalue weighted by molar-refractivity contribution is -0.0736. The molecule has 0 radical (unpaired) electrons. The van der Waals surface area contributed by atoms with Crippen LogP contribution in [0.1, 0.15) is 77.3 Å². The van der Waals surface area contributed by atoms with Gasteiger partial charge in [0.2, 0.25) is 5.76 Å². The monoisotopic (exact) mass is 435 g/mol. The number of rotatable bonds is 7. The van der Waals surface area contributed by atoms with Crippen molar-refractivity contribution in [1.29, 1.82) is 5.26 Å². The zero-order valence-corrected chi connectivity index (χ0v) is 19.3. The first-order valence-electron chi connectivity index (χ1n) is 10.8. The Labute approximate surface area is 182 Å². The Morgan fingerprint density at radius 1 is 1.50 bits per heavy atom. The SMILES string of the molecule is CC1CC2C[C@](O)(CC[C@H]2NC(=O)c2onc(OCC(C)(C)C#N)c2SC(C)C)C1. The topological polar surface area (TPSA) is 108 Å². The maximum absolute atomic E-state index is 13.1. The van der Waals surface area contributed by atoms with E-state index >= 15 is 0 Å². The molecule has 166 valence electrons. The zero-order valence-electron chi connectivity index (χ0n) is 18.5. The van der Waals surface area contributed by atoms with Crippen LogP contribution in [0.3, 0.4) is 0 Å². The molecule has 30 heavy (non-hydrogen) atoms. The van der Waals surface area contributed by atoms with Crippen molar-refractivity contribution in [3.8, 4) is 11.9 Å². The number of nitrogens with one attached hydrogen (secondary N) is 1. The lowest BCUT2D eigenvalue weighted by Gasteiger charge is -2.48. The normalized spacial score (nSPS) is 28.8. The van der Waals surface area contributed by atoms with Crippen molar-refractivity contribution in [3.05, 3.63) is 5.76 Å². The van der Waals surface area contributed by atoms with E-state index in [1.165, 1.54) is 11.8 Å². The summed E-state index contributed by atoms with van der Waals surface area (Å²) in [5.41, 5.74) is -1.25. The maximum atomic E-state index is 13.1. The zero-order chi connectivity index (χ0) is 22.1. The van der Waals surface area contributed by atoms with Crippen LogP contribution in [0.15, 0.2) is 9.42 Å². The Bertz CT molecular complexity index is 816. The predicted molar refractivity (Wildman–Crippen MR) is 114 cm³/mol. The molecule has 0 saturated heterocycles. The number of hydrogen-bond acceptors (Lipinski definition) is 7. The number of carbonyl (C=O) groups excluding carboxylic acids is 1. The van der Waals surface area contributed by atoms with Crippen molar-refractivity contribution < 1.29 is 19.2 Å². The van der Waals surface area contributed by atoms with Gasteiger partial charge in [-0.3, -0.25) is 4.79 Å². The molecule has 2 N–H and O–H groups in total. The second-order valence-electron chi connectivity index (χ2n) is 9.95. The Kier molecular flexibility index (Phi) is 6.73. The predicted octanol–water partition coefficient (Wildman–Crippen LogP) is 4.16. The quantitative estimate of drug-likeness (QED) is 0.619. The highest BCUT2D eigenvalue weighted by Crippen LogP contribution is 2.45. The molecule has 1 amide bonds. The van der Waals surface area contributed by atoms with E-state index in [9.17, 15) is 15.2 Å². The summed E-state index contributed by atoms with van der Waals surface area (Å²) < 4.78 is 11.1. The highest BCUT2D eigenvalue weighted by Gasteiger charge is 2.45. The molecule has 1 aromatic heterocycles. The molecule has 3 rings (SSSR count). The van der Waals surface area contributed by atoms with Gasteiger partial charge in [-0.2, -0.15) is 5.26 Å². The van der Waals surface area contributed by atoms with Gasteiger partial charge in [0.15, 0.2) is 0 Å². The molecule has 0 aromatic carbocycles. The Hall–Kier alpha value is -1.72. The van der Waals surface area contributed by atoms with Crippen molar-refractivity contribution in [2.24, 2.45) is 17.3 Å². The van der Waals surface area contributed by atoms with Crippen molar-refractivity contribution in [1.82, 2.24) is 10.5 Å². The summed E-state index contributed by atoms with van der Waals surface area (Å²) in [7, 11) is 0. The van der Waals surface area contributed by atoms with Crippen molar-refractivity contribution in [2.45, 2.75) is 88.5 Å². The molecule has 2 aliphatic rings. The van der Waals surface area contributed by atoms with Gasteiger partial charge in [-0.05, 0) is 62.9 Å². The van der Waals surface area contributed by atoms with Gasteiger partial charge in [0, 0.05) is 11.3 Å². The van der Waals surface area contributed by atoms with Crippen molar-refractivity contribution in [3.63, 3.8) is 0 Å². The fraction of sp³-hybridized carbons (Fsp3) is 0.773. The number of thioether (sulfide) groups is 1. The van der Waals surface area contributed by atoms with Crippen LogP contribution in [0.4, 0.5) is 0 Å². The average Bonchev–Trinajstić information content (AvgIpc) is 3.04. The molecular weight excluding hydrogens is 402 g/mol. The maximum Gasteiger partial charge on any atom is 0.291 e. The molecule has 2 fully saturated rings. The van der Waals surface area contributed by atoms with E-state index in [0.29, 0.717) is 17.2 Å². The molecule has 4 atom stereocenters. The van der Waals surface area contributed by atoms with E-state index in [1.54, 1.807) is 13.8 Å². The smallest absolute Gasteiger partial charge is 0.291 e. The summed E-state index contributed by atoms with van der Waals surface area (Å²) in [4.78, 5) is 13.6. The summed E-state index contributed by atoms with van der Waals surface area (Å²) in [6, 6.07) is 2.21. The molecule has 2 saturated carbocycles. The van der Waals surface area contributed by atoms with Crippen LogP contribution < -0.4 is 10.1 Å². The molecule has 7 nitrogen and oxygen atoms in total. The van der Waals surface area contributed by atoms with E-state index in [4.69, 9.17) is 9.26 Å². The molecule has 2 bridgehead atoms. The lowest BCUT2D eigenvalue weighted by atomic mass is 9.64. The highest BCUT2D eigenvalue weighted by molar-refractivity contribution is 8.00. The standard InChI is InChI=1S/C22H33N3O4S/c1-13(2)30-18-17(29-25-20(18)28-12-21(4,5)11-23)19(26)24-16-6-7-22(27)9-14(3)8-15(16)10-22/h13-16,27H,6-10,12H2,1-5H3,(H,24,26)/t14?,15?,16-,22+/m1/s1. The number of ether oxygens (including phenoxy) is 1. The summed E-state index contributed by atoms with van der Waals surface area (Å²) in [5, 5.41) is 27.3. The fourth-order valence-electron chi connectivity index (χ4n) is 4.62. The van der Waals surface area contributed by atoms with Gasteiger partial charge in [0.25, 0.3) is 11.8 Å². The fourth-order valence-corrected chi connectivity index (χ4v) is 5.53. The van der Waals surface area contributed by atoms with Crippen LogP contribution in [-0.4, -0.2) is 39.7 Å². The van der Waals surface area contributed by atoms with Crippen LogP contribution in [0.25, 0.3) is 0 Å². The van der Waals surface area contributed by atoms with Crippen LogP contribution in [0.2, 0.25) is 0 Å². The third kappa shape index (κ3) is 5.30. The molecule has 1 aromatic rings. The molecular formula is C22H33N3O4S. The van der Waals surface area contributed by atoms with Crippen LogP contribution in [-0.2, 0) is 0 Å². The van der Waals surface area contributed by atoms with Crippen LogP contribution in [0.5, 0.6) is 5.88 Å². The van der Waals surface area contributed by atoms with E-state index in [-0.39, 0.29) is 41.4 Å². The van der Waals surface area contributed by atoms with E-state index < -0.39 is 11.0 Å². The Morgan fingerprint density at radius 2 is 2.23 bits per heavy atom. The first-order valence-corrected chi connectivity index (χ1v) is 11.6. The van der Waals surface area contributed by atoms with Crippen molar-refractivity contribution in [2.75, 3.05) is 6.61 Å². The molecule has 0 spiro atoms. The van der Waals surface area contributed by atoms with E-state index in [1.807, 2.05) is 13.8 Å². The van der Waals surface area contributed by atoms with Crippen LogP contribution >= 0.6 is 11.8 Å². The average molecular weight is 436 g/mol. The third-order valence-electron chi connectivity index (χ3n) is 5.93. The number of nitrogens with zero attached hydrogens (tertiary/aromatic N) is 2. The number of carbonyl (C=O) groups is 1. The van der Waals surface area contributed by atoms with Gasteiger partial charge in [0.1, 0.15) is 11.5 Å². The van der Waals surface area contributed by atoms with Gasteiger partial charge in [-0.15, -0.1) is 11.8 Å². The third-order valence-corrected chi connectivity index (χ3v) is 7.00. The van der Waals surface area contributed by atoms with Gasteiger partial charge in [-0.25, -0.2) is 0 Å². The first kappa shape index (κ1) is 23.0. The number of aromatic nitrogens is 1. The Morgan fingerprint density at radius 3 is 2.90 bits per heavy atom. The lowest BCUT2D eigenvalue weighted by Crippen LogP contribution is -2.52. The van der Waals surface area contributed by atoms with E-state index in [0.717, 1.165) is 25.7 Å². The summed E-state index contributed by atoms with van der Waals surface area (Å²) in [6.07, 6.45) is 4.07. The number of fused-ring (bicyclic) bond motifs is 2. The van der Waals surface area contributed by atoms with E-state index in [2.05, 4.69) is 23.5 Å². The number of hydrogen-bond donors (Lipinski definition) is 2. The number of nitriles is 1. The molecule has 2 unspecified atom stereocenters. The Balaban J connectivity index is 1.74. The molecule has 8 heteroatoms. The molecule has 1 heterocycles. The van der Waals surface area contributed by atoms with Crippen LogP contribution in [0, 0.1) is 28.6 Å². The van der Waals surface area contributed by atoms with Gasteiger partial charge in [0.05, 0.1) is 17.1 Å². The second-order valence-corrected chi connectivity index (χ2v) is 11.5. The molecule has 0 aliphatic heterocycles. The summed E-state index contributed by atoms with van der Waals surface area (Å²) >= 11 is 1.46. The number of aliphatic hydroxyl groups is 1. The minimum atomic E-state index is -0.669.